The number of hydrogen-bond donors (Lipinski definition) is 3. The van der Waals surface area contributed by atoms with Gasteiger partial charge in [0, 0.05) is 12.2 Å². The molecule has 1 aliphatic heterocycles. The number of carbonyl (C=O) groups excluding carboxylic acids is 1. The molecule has 2 rings (SSSR count). The van der Waals surface area contributed by atoms with Crippen molar-refractivity contribution in [3.8, 4) is 0 Å². The maximum atomic E-state index is 11.3. The lowest BCUT2D eigenvalue weighted by Crippen LogP contribution is -2.19. The van der Waals surface area contributed by atoms with Crippen molar-refractivity contribution in [2.75, 3.05) is 6.61 Å². The molecular weight excluding hydrogens is 224 g/mol. The molecule has 0 spiro atoms. The third-order valence-electron chi connectivity index (χ3n) is 2.84. The van der Waals surface area contributed by atoms with E-state index in [2.05, 4.69) is 0 Å². The molecule has 92 valence electrons. The van der Waals surface area contributed by atoms with Crippen molar-refractivity contribution in [2.24, 2.45) is 0 Å². The summed E-state index contributed by atoms with van der Waals surface area (Å²) in [6, 6.07) is 4.87. The molecule has 5 nitrogen and oxygen atoms in total. The fraction of sp³-hybridized carbons (Fsp3) is 0.417. The van der Waals surface area contributed by atoms with Crippen LogP contribution in [0.15, 0.2) is 18.2 Å². The van der Waals surface area contributed by atoms with Crippen LogP contribution in [-0.4, -0.2) is 34.0 Å². The first-order chi connectivity index (χ1) is 8.13. The van der Waals surface area contributed by atoms with Crippen LogP contribution < -0.4 is 0 Å². The molecule has 3 N–H and O–H groups in total. The number of aliphatic hydroxyl groups excluding tert-OH is 3. The standard InChI is InChI=1S/C12H14O5/c13-4-3-10(14)11(15)7-1-2-8-6-17-12(16)9(8)5-7/h1-2,5,10-11,13-15H,3-4,6H2. The van der Waals surface area contributed by atoms with Crippen LogP contribution in [0.5, 0.6) is 0 Å². The van der Waals surface area contributed by atoms with E-state index in [0.29, 0.717) is 11.1 Å². The lowest BCUT2D eigenvalue weighted by molar-refractivity contribution is 0.00417. The Morgan fingerprint density at radius 2 is 2.12 bits per heavy atom. The van der Waals surface area contributed by atoms with Gasteiger partial charge >= 0.3 is 5.97 Å². The predicted molar refractivity (Wildman–Crippen MR) is 58.2 cm³/mol. The Morgan fingerprint density at radius 3 is 2.82 bits per heavy atom. The number of benzene rings is 1. The fourth-order valence-electron chi connectivity index (χ4n) is 1.83. The number of fused-ring (bicyclic) bond motifs is 1. The molecule has 17 heavy (non-hydrogen) atoms. The van der Waals surface area contributed by atoms with Crippen LogP contribution in [-0.2, 0) is 11.3 Å². The molecule has 2 atom stereocenters. The van der Waals surface area contributed by atoms with Crippen LogP contribution in [0.1, 0.15) is 34.0 Å². The molecule has 0 aromatic heterocycles. The van der Waals surface area contributed by atoms with Crippen LogP contribution in [0.3, 0.4) is 0 Å². The monoisotopic (exact) mass is 238 g/mol. The minimum absolute atomic E-state index is 0.0860. The van der Waals surface area contributed by atoms with Crippen molar-refractivity contribution in [1.29, 1.82) is 0 Å². The minimum atomic E-state index is -1.11. The molecule has 0 bridgehead atoms. The molecule has 5 heteroatoms. The van der Waals surface area contributed by atoms with Crippen LogP contribution in [0.25, 0.3) is 0 Å². The largest absolute Gasteiger partial charge is 0.457 e. The fourth-order valence-corrected chi connectivity index (χ4v) is 1.83. The first kappa shape index (κ1) is 12.0. The maximum Gasteiger partial charge on any atom is 0.338 e. The molecule has 2 unspecified atom stereocenters. The number of ether oxygens (including phenoxy) is 1. The van der Waals surface area contributed by atoms with Gasteiger partial charge in [-0.3, -0.25) is 0 Å². The number of hydrogen-bond acceptors (Lipinski definition) is 5. The Bertz CT molecular complexity index is 429. The molecular formula is C12H14O5. The Balaban J connectivity index is 2.22. The van der Waals surface area contributed by atoms with Crippen molar-refractivity contribution in [2.45, 2.75) is 25.2 Å². The second-order valence-electron chi connectivity index (χ2n) is 4.02. The second kappa shape index (κ2) is 4.83. The molecule has 0 saturated carbocycles. The average molecular weight is 238 g/mol. The molecule has 1 aromatic carbocycles. The number of esters is 1. The van der Waals surface area contributed by atoms with Gasteiger partial charge in [-0.05, 0) is 18.1 Å². The number of cyclic esters (lactones) is 1. The highest BCUT2D eigenvalue weighted by atomic mass is 16.5. The second-order valence-corrected chi connectivity index (χ2v) is 4.02. The van der Waals surface area contributed by atoms with E-state index in [-0.39, 0.29) is 19.6 Å². The van der Waals surface area contributed by atoms with Gasteiger partial charge < -0.3 is 20.1 Å². The highest BCUT2D eigenvalue weighted by Gasteiger charge is 2.24. The summed E-state index contributed by atoms with van der Waals surface area (Å²) < 4.78 is 4.84. The molecule has 0 fully saturated rings. The van der Waals surface area contributed by atoms with Gasteiger partial charge in [0.05, 0.1) is 11.7 Å². The highest BCUT2D eigenvalue weighted by molar-refractivity contribution is 5.93. The van der Waals surface area contributed by atoms with Crippen LogP contribution in [0.2, 0.25) is 0 Å². The van der Waals surface area contributed by atoms with Crippen molar-refractivity contribution in [1.82, 2.24) is 0 Å². The van der Waals surface area contributed by atoms with Gasteiger partial charge in [0.1, 0.15) is 12.7 Å². The van der Waals surface area contributed by atoms with Crippen molar-refractivity contribution < 1.29 is 24.9 Å². The molecule has 1 aromatic rings. The lowest BCUT2D eigenvalue weighted by atomic mass is 9.98. The van der Waals surface area contributed by atoms with Gasteiger partial charge in [-0.15, -0.1) is 0 Å². The number of rotatable bonds is 4. The topological polar surface area (TPSA) is 87.0 Å². The number of carbonyl (C=O) groups is 1. The van der Waals surface area contributed by atoms with E-state index in [4.69, 9.17) is 9.84 Å². The summed E-state index contributed by atoms with van der Waals surface area (Å²) in [5.41, 5.74) is 1.66. The molecule has 0 radical (unpaired) electrons. The SMILES string of the molecule is O=C1OCc2ccc(C(O)C(O)CCO)cc21. The van der Waals surface area contributed by atoms with Crippen LogP contribution in [0.4, 0.5) is 0 Å². The van der Waals surface area contributed by atoms with E-state index in [1.54, 1.807) is 12.1 Å². The quantitative estimate of drug-likeness (QED) is 0.649. The minimum Gasteiger partial charge on any atom is -0.457 e. The zero-order valence-corrected chi connectivity index (χ0v) is 9.17. The van der Waals surface area contributed by atoms with Crippen molar-refractivity contribution in [3.05, 3.63) is 34.9 Å². The van der Waals surface area contributed by atoms with Gasteiger partial charge in [-0.2, -0.15) is 0 Å². The summed E-state index contributed by atoms with van der Waals surface area (Å²) in [5.74, 6) is -0.411. The van der Waals surface area contributed by atoms with Gasteiger partial charge in [0.25, 0.3) is 0 Å². The summed E-state index contributed by atoms with van der Waals surface area (Å²) in [6.45, 7) is 0.0505. The zero-order valence-electron chi connectivity index (χ0n) is 9.17. The molecule has 0 amide bonds. The summed E-state index contributed by atoms with van der Waals surface area (Å²) in [4.78, 5) is 11.3. The average Bonchev–Trinajstić information content (AvgIpc) is 2.70. The lowest BCUT2D eigenvalue weighted by Gasteiger charge is -2.17. The third kappa shape index (κ3) is 2.31. The highest BCUT2D eigenvalue weighted by Crippen LogP contribution is 2.26. The van der Waals surface area contributed by atoms with Gasteiger partial charge in [-0.25, -0.2) is 4.79 Å². The Labute approximate surface area is 98.3 Å². The summed E-state index contributed by atoms with van der Waals surface area (Å²) >= 11 is 0. The summed E-state index contributed by atoms with van der Waals surface area (Å²) in [7, 11) is 0. The zero-order chi connectivity index (χ0) is 12.4. The predicted octanol–water partition coefficient (Wildman–Crippen LogP) is 0.134. The third-order valence-corrected chi connectivity index (χ3v) is 2.84. The van der Waals surface area contributed by atoms with E-state index >= 15 is 0 Å². The van der Waals surface area contributed by atoms with Crippen molar-refractivity contribution >= 4 is 5.97 Å². The Kier molecular flexibility index (Phi) is 3.42. The van der Waals surface area contributed by atoms with Gasteiger partial charge in [-0.1, -0.05) is 12.1 Å². The molecule has 0 saturated heterocycles. The first-order valence-electron chi connectivity index (χ1n) is 5.40. The van der Waals surface area contributed by atoms with E-state index in [1.807, 2.05) is 0 Å². The van der Waals surface area contributed by atoms with E-state index in [9.17, 15) is 15.0 Å². The first-order valence-corrected chi connectivity index (χ1v) is 5.40. The van der Waals surface area contributed by atoms with Crippen LogP contribution >= 0.6 is 0 Å². The van der Waals surface area contributed by atoms with E-state index in [1.165, 1.54) is 6.07 Å². The Morgan fingerprint density at radius 1 is 1.35 bits per heavy atom. The van der Waals surface area contributed by atoms with E-state index < -0.39 is 18.2 Å². The molecule has 1 heterocycles. The van der Waals surface area contributed by atoms with Crippen LogP contribution in [0, 0.1) is 0 Å². The number of aliphatic hydroxyl groups is 3. The molecule has 0 aliphatic carbocycles. The normalized spacial score (nSPS) is 17.5. The summed E-state index contributed by atoms with van der Waals surface area (Å²) in [6.07, 6.45) is -2.07. The summed E-state index contributed by atoms with van der Waals surface area (Å²) in [5, 5.41) is 28.1. The maximum absolute atomic E-state index is 11.3. The van der Waals surface area contributed by atoms with Crippen molar-refractivity contribution in [3.63, 3.8) is 0 Å². The smallest absolute Gasteiger partial charge is 0.338 e. The van der Waals surface area contributed by atoms with Gasteiger partial charge in [0.15, 0.2) is 0 Å². The molecule has 1 aliphatic rings. The Hall–Kier alpha value is -1.43. The van der Waals surface area contributed by atoms with E-state index in [0.717, 1.165) is 5.56 Å². The van der Waals surface area contributed by atoms with Gasteiger partial charge in [0.2, 0.25) is 0 Å².